The van der Waals surface area contributed by atoms with Crippen LogP contribution in [-0.2, 0) is 11.3 Å². The molecule has 122 valence electrons. The fourth-order valence-corrected chi connectivity index (χ4v) is 2.00. The molecule has 6 nitrogen and oxygen atoms in total. The smallest absolute Gasteiger partial charge is 0.315 e. The molecule has 0 aliphatic rings. The highest BCUT2D eigenvalue weighted by molar-refractivity contribution is 5.75. The Hall–Kier alpha value is -2.24. The molecule has 6 heteroatoms. The number of benzene rings is 1. The Labute approximate surface area is 131 Å². The summed E-state index contributed by atoms with van der Waals surface area (Å²) in [5.41, 5.74) is 0.937. The molecule has 0 aliphatic carbocycles. The highest BCUT2D eigenvalue weighted by Crippen LogP contribution is 2.19. The number of carbonyl (C=O) groups excluding carboxylic acids is 2. The monoisotopic (exact) mass is 307 g/mol. The third kappa shape index (κ3) is 6.03. The largest absolute Gasteiger partial charge is 0.496 e. The van der Waals surface area contributed by atoms with Crippen molar-refractivity contribution >= 4 is 11.9 Å². The van der Waals surface area contributed by atoms with E-state index in [2.05, 4.69) is 10.6 Å². The molecule has 0 saturated heterocycles. The number of ether oxygens (including phenoxy) is 1. The van der Waals surface area contributed by atoms with Gasteiger partial charge in [-0.1, -0.05) is 18.2 Å². The number of para-hydroxylation sites is 1. The molecule has 1 aromatic rings. The van der Waals surface area contributed by atoms with Crippen LogP contribution in [-0.4, -0.2) is 43.1 Å². The molecule has 2 N–H and O–H groups in total. The Balaban J connectivity index is 2.56. The average Bonchev–Trinajstić information content (AvgIpc) is 2.45. The van der Waals surface area contributed by atoms with Gasteiger partial charge in [-0.05, 0) is 19.9 Å². The molecule has 0 aliphatic heterocycles. The van der Waals surface area contributed by atoms with Crippen LogP contribution >= 0.6 is 0 Å². The predicted octanol–water partition coefficient (Wildman–Crippen LogP) is 1.75. The van der Waals surface area contributed by atoms with E-state index in [4.69, 9.17) is 4.74 Å². The number of methoxy groups -OCH3 is 1. The van der Waals surface area contributed by atoms with Crippen LogP contribution in [0, 0.1) is 0 Å². The van der Waals surface area contributed by atoms with Crippen molar-refractivity contribution in [1.82, 2.24) is 15.5 Å². The molecule has 0 bridgehead atoms. The minimum Gasteiger partial charge on any atom is -0.496 e. The van der Waals surface area contributed by atoms with Gasteiger partial charge in [-0.2, -0.15) is 0 Å². The molecule has 0 fully saturated rings. The summed E-state index contributed by atoms with van der Waals surface area (Å²) >= 11 is 0. The number of nitrogens with zero attached hydrogens (tertiary/aromatic N) is 1. The van der Waals surface area contributed by atoms with Gasteiger partial charge in [-0.3, -0.25) is 4.79 Å². The van der Waals surface area contributed by atoms with Crippen LogP contribution in [0.2, 0.25) is 0 Å². The lowest BCUT2D eigenvalue weighted by molar-refractivity contribution is -0.129. The Kier molecular flexibility index (Phi) is 7.22. The molecule has 0 spiro atoms. The molecule has 0 unspecified atom stereocenters. The van der Waals surface area contributed by atoms with Crippen molar-refractivity contribution < 1.29 is 14.3 Å². The van der Waals surface area contributed by atoms with Crippen LogP contribution in [0.3, 0.4) is 0 Å². The van der Waals surface area contributed by atoms with Crippen LogP contribution in [0.5, 0.6) is 5.75 Å². The molecule has 22 heavy (non-hydrogen) atoms. The fourth-order valence-electron chi connectivity index (χ4n) is 2.00. The van der Waals surface area contributed by atoms with Gasteiger partial charge in [0.15, 0.2) is 0 Å². The summed E-state index contributed by atoms with van der Waals surface area (Å²) in [6.07, 6.45) is 0. The third-order valence-electron chi connectivity index (χ3n) is 3.09. The van der Waals surface area contributed by atoms with E-state index < -0.39 is 0 Å². The van der Waals surface area contributed by atoms with Gasteiger partial charge in [-0.25, -0.2) is 4.79 Å². The zero-order chi connectivity index (χ0) is 16.5. The maximum absolute atomic E-state index is 11.8. The lowest BCUT2D eigenvalue weighted by Gasteiger charge is -2.22. The second-order valence-electron chi connectivity index (χ2n) is 5.31. The van der Waals surface area contributed by atoms with E-state index in [1.807, 2.05) is 38.1 Å². The van der Waals surface area contributed by atoms with E-state index >= 15 is 0 Å². The van der Waals surface area contributed by atoms with Crippen LogP contribution < -0.4 is 15.4 Å². The minimum absolute atomic E-state index is 0.0445. The highest BCUT2D eigenvalue weighted by Gasteiger charge is 2.12. The molecule has 0 radical (unpaired) electrons. The molecule has 1 rings (SSSR count). The first kappa shape index (κ1) is 17.8. The molecule has 1 aromatic carbocycles. The van der Waals surface area contributed by atoms with Crippen molar-refractivity contribution in [1.29, 1.82) is 0 Å². The van der Waals surface area contributed by atoms with Crippen LogP contribution in [0.4, 0.5) is 4.79 Å². The summed E-state index contributed by atoms with van der Waals surface area (Å²) in [5.74, 6) is 0.705. The van der Waals surface area contributed by atoms with E-state index in [1.165, 1.54) is 6.92 Å². The normalized spacial score (nSPS) is 10.2. The van der Waals surface area contributed by atoms with E-state index in [-0.39, 0.29) is 18.0 Å². The summed E-state index contributed by atoms with van der Waals surface area (Å²) < 4.78 is 5.29. The van der Waals surface area contributed by atoms with E-state index in [0.29, 0.717) is 19.6 Å². The number of hydrogen-bond acceptors (Lipinski definition) is 3. The van der Waals surface area contributed by atoms with E-state index in [9.17, 15) is 9.59 Å². The molecular formula is C16H25N3O3. The van der Waals surface area contributed by atoms with Crippen LogP contribution in [0.1, 0.15) is 26.3 Å². The van der Waals surface area contributed by atoms with Gasteiger partial charge < -0.3 is 20.3 Å². The van der Waals surface area contributed by atoms with Crippen molar-refractivity contribution in [2.75, 3.05) is 20.2 Å². The van der Waals surface area contributed by atoms with Gasteiger partial charge in [0.1, 0.15) is 5.75 Å². The number of rotatable bonds is 7. The molecule has 0 aromatic heterocycles. The molecular weight excluding hydrogens is 282 g/mol. The maximum Gasteiger partial charge on any atom is 0.315 e. The summed E-state index contributed by atoms with van der Waals surface area (Å²) in [6, 6.07) is 7.44. The molecule has 0 atom stereocenters. The first-order chi connectivity index (χ1) is 10.4. The number of urea groups is 1. The highest BCUT2D eigenvalue weighted by atomic mass is 16.5. The predicted molar refractivity (Wildman–Crippen MR) is 85.8 cm³/mol. The number of carbonyl (C=O) groups is 2. The quantitative estimate of drug-likeness (QED) is 0.806. The van der Waals surface area contributed by atoms with Crippen molar-refractivity contribution in [2.45, 2.75) is 33.4 Å². The van der Waals surface area contributed by atoms with Gasteiger partial charge in [0, 0.05) is 38.2 Å². The van der Waals surface area contributed by atoms with Gasteiger partial charge in [-0.15, -0.1) is 0 Å². The average molecular weight is 307 g/mol. The van der Waals surface area contributed by atoms with Crippen LogP contribution in [0.25, 0.3) is 0 Å². The lowest BCUT2D eigenvalue weighted by Crippen LogP contribution is -2.43. The zero-order valence-electron chi connectivity index (χ0n) is 13.7. The molecule has 0 saturated carbocycles. The molecule has 0 heterocycles. The molecule has 3 amide bonds. The summed E-state index contributed by atoms with van der Waals surface area (Å²) in [5, 5.41) is 5.48. The van der Waals surface area contributed by atoms with Gasteiger partial charge in [0.05, 0.1) is 7.11 Å². The second kappa shape index (κ2) is 8.92. The van der Waals surface area contributed by atoms with E-state index in [0.717, 1.165) is 11.3 Å². The second-order valence-corrected chi connectivity index (χ2v) is 5.31. The third-order valence-corrected chi connectivity index (χ3v) is 3.09. The summed E-state index contributed by atoms with van der Waals surface area (Å²) in [6.45, 7) is 6.59. The Morgan fingerprint density at radius 2 is 1.95 bits per heavy atom. The number of hydrogen-bond donors (Lipinski definition) is 2. The summed E-state index contributed by atoms with van der Waals surface area (Å²) in [7, 11) is 1.61. The Morgan fingerprint density at radius 1 is 1.27 bits per heavy atom. The Bertz CT molecular complexity index is 503. The van der Waals surface area contributed by atoms with Crippen LogP contribution in [0.15, 0.2) is 24.3 Å². The standard InChI is InChI=1S/C16H25N3O3/c1-12(2)18-16(21)17-9-10-19(13(3)20)11-14-7-5-6-8-15(14)22-4/h5-8,12H,9-11H2,1-4H3,(H2,17,18,21). The zero-order valence-corrected chi connectivity index (χ0v) is 13.7. The van der Waals surface area contributed by atoms with Gasteiger partial charge >= 0.3 is 6.03 Å². The van der Waals surface area contributed by atoms with Gasteiger partial charge in [0.25, 0.3) is 0 Å². The summed E-state index contributed by atoms with van der Waals surface area (Å²) in [4.78, 5) is 25.0. The van der Waals surface area contributed by atoms with Gasteiger partial charge in [0.2, 0.25) is 5.91 Å². The number of nitrogens with one attached hydrogen (secondary N) is 2. The van der Waals surface area contributed by atoms with Crippen molar-refractivity contribution in [3.05, 3.63) is 29.8 Å². The lowest BCUT2D eigenvalue weighted by atomic mass is 10.2. The minimum atomic E-state index is -0.226. The fraction of sp³-hybridized carbons (Fsp3) is 0.500. The van der Waals surface area contributed by atoms with E-state index in [1.54, 1.807) is 12.0 Å². The number of amides is 3. The maximum atomic E-state index is 11.8. The Morgan fingerprint density at radius 3 is 2.55 bits per heavy atom. The van der Waals surface area contributed by atoms with Crippen molar-refractivity contribution in [2.24, 2.45) is 0 Å². The van der Waals surface area contributed by atoms with Crippen molar-refractivity contribution in [3.63, 3.8) is 0 Å². The SMILES string of the molecule is COc1ccccc1CN(CCNC(=O)NC(C)C)C(C)=O. The first-order valence-electron chi connectivity index (χ1n) is 7.35. The van der Waals surface area contributed by atoms with Crippen molar-refractivity contribution in [3.8, 4) is 5.75 Å². The first-order valence-corrected chi connectivity index (χ1v) is 7.35. The topological polar surface area (TPSA) is 70.7 Å².